The summed E-state index contributed by atoms with van der Waals surface area (Å²) in [5.41, 5.74) is 0.822. The topological polar surface area (TPSA) is 123 Å². The fourth-order valence-corrected chi connectivity index (χ4v) is 3.15. The number of benzene rings is 1. The van der Waals surface area contributed by atoms with E-state index in [0.717, 1.165) is 0 Å². The van der Waals surface area contributed by atoms with Gasteiger partial charge in [-0.25, -0.2) is 27.5 Å². The largest absolute Gasteiger partial charge is 0.415 e. The van der Waals surface area contributed by atoms with Crippen LogP contribution in [0.15, 0.2) is 41.1 Å². The van der Waals surface area contributed by atoms with Crippen molar-refractivity contribution in [2.24, 2.45) is 0 Å². The van der Waals surface area contributed by atoms with Crippen molar-refractivity contribution >= 4 is 16.0 Å². The summed E-state index contributed by atoms with van der Waals surface area (Å²) in [4.78, 5) is 8.17. The van der Waals surface area contributed by atoms with E-state index in [-0.39, 0.29) is 23.9 Å². The Morgan fingerprint density at radius 2 is 1.71 bits per heavy atom. The Balaban J connectivity index is 1.78. The van der Waals surface area contributed by atoms with Gasteiger partial charge in [0.1, 0.15) is 5.82 Å². The summed E-state index contributed by atoms with van der Waals surface area (Å²) in [6, 6.07) is 4.90. The molecule has 3 rings (SSSR count). The summed E-state index contributed by atoms with van der Waals surface area (Å²) in [5.74, 6) is -1.29. The molecule has 0 radical (unpaired) electrons. The number of sulfonamides is 1. The molecule has 1 atom stereocenters. The molecular weight excluding hydrogens is 437 g/mol. The number of rotatable bonds is 9. The lowest BCUT2D eigenvalue weighted by Gasteiger charge is -2.20. The average molecular weight is 456 g/mol. The van der Waals surface area contributed by atoms with E-state index in [2.05, 4.69) is 30.2 Å². The van der Waals surface area contributed by atoms with Gasteiger partial charge >= 0.3 is 6.43 Å². The van der Waals surface area contributed by atoms with Crippen LogP contribution >= 0.6 is 0 Å². The van der Waals surface area contributed by atoms with Gasteiger partial charge in [-0.15, -0.1) is 10.2 Å². The predicted octanol–water partition coefficient (Wildman–Crippen LogP) is 3.08. The number of nitrogens with zero attached hydrogens (tertiary/aromatic N) is 4. The Labute approximate surface area is 176 Å². The fraction of sp³-hybridized carbons (Fsp3) is 0.333. The smallest absolute Gasteiger partial charge is 0.314 e. The third kappa shape index (κ3) is 5.76. The van der Waals surface area contributed by atoms with Crippen LogP contribution in [-0.4, -0.2) is 40.4 Å². The maximum Gasteiger partial charge on any atom is 0.314 e. The fourth-order valence-electron chi connectivity index (χ4n) is 2.42. The highest BCUT2D eigenvalue weighted by atomic mass is 32.2. The maximum atomic E-state index is 13.3. The highest BCUT2D eigenvalue weighted by molar-refractivity contribution is 7.90. The third-order valence-corrected chi connectivity index (χ3v) is 6.02. The van der Waals surface area contributed by atoms with Gasteiger partial charge in [0.05, 0.1) is 16.9 Å². The molecule has 0 aliphatic carbocycles. The number of nitrogens with one attached hydrogen (secondary N) is 2. The predicted molar refractivity (Wildman–Crippen MR) is 105 cm³/mol. The first-order chi connectivity index (χ1) is 14.7. The first-order valence-corrected chi connectivity index (χ1v) is 10.6. The van der Waals surface area contributed by atoms with Crippen LogP contribution in [0.5, 0.6) is 0 Å². The van der Waals surface area contributed by atoms with Crippen molar-refractivity contribution in [3.63, 3.8) is 0 Å². The number of hydrogen-bond acceptors (Lipinski definition) is 8. The van der Waals surface area contributed by atoms with Gasteiger partial charge in [-0.2, -0.15) is 8.78 Å². The molecule has 1 aromatic carbocycles. The lowest BCUT2D eigenvalue weighted by molar-refractivity contribution is 0.116. The highest BCUT2D eigenvalue weighted by Gasteiger charge is 2.21. The quantitative estimate of drug-likeness (QED) is 0.504. The second kappa shape index (κ2) is 9.39. The minimum atomic E-state index is -3.54. The average Bonchev–Trinajstić information content (AvgIpc) is 3.23. The van der Waals surface area contributed by atoms with E-state index in [1.54, 1.807) is 13.8 Å². The monoisotopic (exact) mass is 456 g/mol. The van der Waals surface area contributed by atoms with Crippen LogP contribution in [0.1, 0.15) is 37.8 Å². The Kier molecular flexibility index (Phi) is 6.85. The number of anilines is 1. The first kappa shape index (κ1) is 22.6. The third-order valence-electron chi connectivity index (χ3n) is 4.21. The van der Waals surface area contributed by atoms with Crippen molar-refractivity contribution < 1.29 is 26.0 Å². The minimum Gasteiger partial charge on any atom is -0.415 e. The van der Waals surface area contributed by atoms with Crippen LogP contribution < -0.4 is 10.0 Å². The molecule has 2 heterocycles. The van der Waals surface area contributed by atoms with Gasteiger partial charge in [0.25, 0.3) is 11.8 Å². The van der Waals surface area contributed by atoms with E-state index in [9.17, 15) is 21.6 Å². The lowest BCUT2D eigenvalue weighted by Crippen LogP contribution is -2.36. The van der Waals surface area contributed by atoms with E-state index in [1.807, 2.05) is 0 Å². The number of alkyl halides is 2. The molecule has 3 aromatic rings. The summed E-state index contributed by atoms with van der Waals surface area (Å²) in [5, 5.41) is 9.09. The second-order valence-corrected chi connectivity index (χ2v) is 9.05. The molecule has 0 fully saturated rings. The number of aromatic nitrogens is 4. The molecule has 2 aromatic heterocycles. The van der Waals surface area contributed by atoms with Crippen molar-refractivity contribution in [3.8, 4) is 11.5 Å². The normalized spacial score (nSPS) is 13.0. The Morgan fingerprint density at radius 3 is 2.26 bits per heavy atom. The highest BCUT2D eigenvalue weighted by Crippen LogP contribution is 2.23. The molecule has 31 heavy (non-hydrogen) atoms. The van der Waals surface area contributed by atoms with Crippen LogP contribution in [0.25, 0.3) is 11.5 Å². The zero-order chi connectivity index (χ0) is 22.6. The molecule has 0 aliphatic heterocycles. The summed E-state index contributed by atoms with van der Waals surface area (Å²) < 4.78 is 70.0. The van der Waals surface area contributed by atoms with E-state index >= 15 is 0 Å². The molecule has 2 N–H and O–H groups in total. The molecule has 9 nitrogen and oxygen atoms in total. The van der Waals surface area contributed by atoms with Gasteiger partial charge < -0.3 is 9.73 Å². The van der Waals surface area contributed by atoms with E-state index < -0.39 is 39.4 Å². The van der Waals surface area contributed by atoms with Crippen LogP contribution in [0.3, 0.4) is 0 Å². The van der Waals surface area contributed by atoms with Crippen molar-refractivity contribution in [1.82, 2.24) is 24.9 Å². The van der Waals surface area contributed by atoms with Crippen molar-refractivity contribution in [3.05, 3.63) is 53.9 Å². The molecule has 13 heteroatoms. The van der Waals surface area contributed by atoms with Crippen molar-refractivity contribution in [2.45, 2.75) is 31.6 Å². The summed E-state index contributed by atoms with van der Waals surface area (Å²) in [6.07, 6.45) is -0.315. The molecule has 0 amide bonds. The van der Waals surface area contributed by atoms with Gasteiger partial charge in [0, 0.05) is 18.9 Å². The number of hydrogen-bond donors (Lipinski definition) is 2. The minimum absolute atomic E-state index is 0.0430. The van der Waals surface area contributed by atoms with E-state index in [0.29, 0.717) is 5.56 Å². The summed E-state index contributed by atoms with van der Waals surface area (Å²) in [6.45, 7) is 3.04. The summed E-state index contributed by atoms with van der Waals surface area (Å²) >= 11 is 0. The molecule has 166 valence electrons. The lowest BCUT2D eigenvalue weighted by atomic mass is 10.1. The second-order valence-electron chi connectivity index (χ2n) is 6.73. The zero-order valence-electron chi connectivity index (χ0n) is 16.5. The molecule has 1 unspecified atom stereocenters. The van der Waals surface area contributed by atoms with E-state index in [1.165, 1.54) is 36.7 Å². The standard InChI is InChI=1S/C18H19F3N6O3S/c1-10(2)31(28,29)24-9-14(11-3-5-13(19)6-4-11)25-18-22-7-12(8-23-18)16-26-27-17(30-16)15(20)21/h3-8,10,14-15,24H,9H2,1-2H3,(H,22,23,25). The maximum absolute atomic E-state index is 13.3. The number of halogens is 3. The van der Waals surface area contributed by atoms with Crippen LogP contribution in [-0.2, 0) is 10.0 Å². The van der Waals surface area contributed by atoms with Crippen molar-refractivity contribution in [2.75, 3.05) is 11.9 Å². The van der Waals surface area contributed by atoms with E-state index in [4.69, 9.17) is 4.42 Å². The molecule has 0 aliphatic rings. The van der Waals surface area contributed by atoms with Crippen LogP contribution in [0.2, 0.25) is 0 Å². The van der Waals surface area contributed by atoms with Gasteiger partial charge in [-0.3, -0.25) is 0 Å². The molecular formula is C18H19F3N6O3S. The van der Waals surface area contributed by atoms with Gasteiger partial charge in [0.2, 0.25) is 16.0 Å². The zero-order valence-corrected chi connectivity index (χ0v) is 17.3. The molecule has 0 spiro atoms. The van der Waals surface area contributed by atoms with Gasteiger partial charge in [-0.1, -0.05) is 12.1 Å². The Hall–Kier alpha value is -3.06. The van der Waals surface area contributed by atoms with Crippen LogP contribution in [0.4, 0.5) is 19.1 Å². The Morgan fingerprint density at radius 1 is 1.06 bits per heavy atom. The first-order valence-electron chi connectivity index (χ1n) is 9.10. The Bertz CT molecular complexity index is 1110. The summed E-state index contributed by atoms with van der Waals surface area (Å²) in [7, 11) is -3.54. The molecule has 0 bridgehead atoms. The van der Waals surface area contributed by atoms with Gasteiger partial charge in [0.15, 0.2) is 0 Å². The van der Waals surface area contributed by atoms with Gasteiger partial charge in [-0.05, 0) is 31.5 Å². The molecule has 0 saturated heterocycles. The van der Waals surface area contributed by atoms with Crippen molar-refractivity contribution in [1.29, 1.82) is 0 Å². The SMILES string of the molecule is CC(C)S(=O)(=O)NCC(Nc1ncc(-c2nnc(C(F)F)o2)cn1)c1ccc(F)cc1. The molecule has 0 saturated carbocycles. The van der Waals surface area contributed by atoms with Crippen LogP contribution in [0, 0.1) is 5.82 Å².